The lowest BCUT2D eigenvalue weighted by molar-refractivity contribution is 0.428. The van der Waals surface area contributed by atoms with Crippen LogP contribution in [0.2, 0.25) is 0 Å². The largest absolute Gasteiger partial charge is 0.308 e. The summed E-state index contributed by atoms with van der Waals surface area (Å²) in [6.45, 7) is 8.49. The molecule has 114 valence electrons. The molecular formula is C17H24BrN3. The maximum atomic E-state index is 4.47. The van der Waals surface area contributed by atoms with Crippen LogP contribution < -0.4 is 5.32 Å². The minimum atomic E-state index is 0.254. The number of nitrogens with one attached hydrogen (secondary N) is 1. The monoisotopic (exact) mass is 349 g/mol. The Bertz CT molecular complexity index is 550. The van der Waals surface area contributed by atoms with E-state index in [-0.39, 0.29) is 6.04 Å². The van der Waals surface area contributed by atoms with Gasteiger partial charge in [-0.15, -0.1) is 0 Å². The van der Waals surface area contributed by atoms with Gasteiger partial charge >= 0.3 is 0 Å². The fourth-order valence-electron chi connectivity index (χ4n) is 2.69. The number of hydrogen-bond donors (Lipinski definition) is 1. The third-order valence-corrected chi connectivity index (χ3v) is 4.48. The predicted octanol–water partition coefficient (Wildman–Crippen LogP) is 4.51. The molecule has 0 radical (unpaired) electrons. The van der Waals surface area contributed by atoms with Crippen LogP contribution in [0, 0.1) is 0 Å². The molecule has 2 unspecified atom stereocenters. The Balaban J connectivity index is 2.36. The highest BCUT2D eigenvalue weighted by Gasteiger charge is 2.25. The van der Waals surface area contributed by atoms with Crippen LogP contribution in [0.15, 0.2) is 41.0 Å². The van der Waals surface area contributed by atoms with Gasteiger partial charge in [0.25, 0.3) is 0 Å². The van der Waals surface area contributed by atoms with Gasteiger partial charge in [-0.2, -0.15) is 5.10 Å². The van der Waals surface area contributed by atoms with Crippen LogP contribution in [0.3, 0.4) is 0 Å². The second-order valence-electron chi connectivity index (χ2n) is 5.32. The Morgan fingerprint density at radius 3 is 2.57 bits per heavy atom. The first-order valence-corrected chi connectivity index (χ1v) is 8.47. The van der Waals surface area contributed by atoms with Gasteiger partial charge in [0.2, 0.25) is 0 Å². The lowest BCUT2D eigenvalue weighted by Crippen LogP contribution is -2.29. The SMILES string of the molecule is CCCNC(c1c(Br)cnn1CC)C(C)c1ccccc1. The van der Waals surface area contributed by atoms with E-state index in [4.69, 9.17) is 0 Å². The first kappa shape index (κ1) is 16.2. The summed E-state index contributed by atoms with van der Waals surface area (Å²) in [6.07, 6.45) is 3.02. The van der Waals surface area contributed by atoms with Gasteiger partial charge in [0.15, 0.2) is 0 Å². The van der Waals surface area contributed by atoms with Crippen molar-refractivity contribution in [1.29, 1.82) is 0 Å². The molecule has 0 amide bonds. The average molecular weight is 350 g/mol. The number of benzene rings is 1. The molecule has 2 rings (SSSR count). The third kappa shape index (κ3) is 3.74. The molecule has 2 aromatic rings. The molecule has 21 heavy (non-hydrogen) atoms. The topological polar surface area (TPSA) is 29.9 Å². The van der Waals surface area contributed by atoms with Crippen LogP contribution in [0.4, 0.5) is 0 Å². The van der Waals surface area contributed by atoms with E-state index in [9.17, 15) is 0 Å². The summed E-state index contributed by atoms with van der Waals surface area (Å²) in [5, 5.41) is 8.16. The minimum Gasteiger partial charge on any atom is -0.308 e. The Kier molecular flexibility index (Phi) is 6.00. The summed E-state index contributed by atoms with van der Waals surface area (Å²) in [4.78, 5) is 0. The summed E-state index contributed by atoms with van der Waals surface area (Å²) >= 11 is 3.67. The highest BCUT2D eigenvalue weighted by Crippen LogP contribution is 2.34. The lowest BCUT2D eigenvalue weighted by Gasteiger charge is -2.27. The molecule has 1 aromatic carbocycles. The smallest absolute Gasteiger partial charge is 0.0701 e. The van der Waals surface area contributed by atoms with E-state index in [1.807, 2.05) is 6.20 Å². The molecule has 0 spiro atoms. The van der Waals surface area contributed by atoms with Crippen LogP contribution in [0.1, 0.15) is 50.4 Å². The zero-order valence-corrected chi connectivity index (χ0v) is 14.6. The number of nitrogens with zero attached hydrogens (tertiary/aromatic N) is 2. The van der Waals surface area contributed by atoms with Gasteiger partial charge in [-0.1, -0.05) is 44.2 Å². The van der Waals surface area contributed by atoms with Gasteiger partial charge < -0.3 is 5.32 Å². The molecule has 1 N–H and O–H groups in total. The van der Waals surface area contributed by atoms with Gasteiger partial charge in [-0.25, -0.2) is 0 Å². The number of rotatable bonds is 7. The van der Waals surface area contributed by atoms with E-state index < -0.39 is 0 Å². The highest BCUT2D eigenvalue weighted by molar-refractivity contribution is 9.10. The van der Waals surface area contributed by atoms with E-state index in [0.29, 0.717) is 5.92 Å². The predicted molar refractivity (Wildman–Crippen MR) is 91.5 cm³/mol. The standard InChI is InChI=1S/C17H24BrN3/c1-4-11-19-16(13(3)14-9-7-6-8-10-14)17-15(18)12-20-21(17)5-2/h6-10,12-13,16,19H,4-5,11H2,1-3H3. The minimum absolute atomic E-state index is 0.254. The second-order valence-corrected chi connectivity index (χ2v) is 6.18. The highest BCUT2D eigenvalue weighted by atomic mass is 79.9. The first-order valence-electron chi connectivity index (χ1n) is 7.68. The second kappa shape index (κ2) is 7.76. The fraction of sp³-hybridized carbons (Fsp3) is 0.471. The molecule has 2 atom stereocenters. The zero-order valence-electron chi connectivity index (χ0n) is 13.0. The summed E-state index contributed by atoms with van der Waals surface area (Å²) in [5.41, 5.74) is 2.59. The molecule has 1 aromatic heterocycles. The number of aromatic nitrogens is 2. The summed E-state index contributed by atoms with van der Waals surface area (Å²) in [6, 6.07) is 10.9. The maximum Gasteiger partial charge on any atom is 0.0701 e. The summed E-state index contributed by atoms with van der Waals surface area (Å²) < 4.78 is 3.16. The molecule has 1 heterocycles. The molecule has 0 bridgehead atoms. The summed E-state index contributed by atoms with van der Waals surface area (Å²) in [7, 11) is 0. The van der Waals surface area contributed by atoms with Gasteiger partial charge in [0.1, 0.15) is 0 Å². The normalized spacial score (nSPS) is 14.1. The molecule has 0 saturated carbocycles. The average Bonchev–Trinajstić information content (AvgIpc) is 2.89. The van der Waals surface area contributed by atoms with Crippen molar-refractivity contribution >= 4 is 15.9 Å². The van der Waals surface area contributed by atoms with Gasteiger partial charge in [0.05, 0.1) is 22.4 Å². The van der Waals surface area contributed by atoms with Crippen molar-refractivity contribution in [2.75, 3.05) is 6.54 Å². The molecule has 0 saturated heterocycles. The van der Waals surface area contributed by atoms with Crippen molar-refractivity contribution in [1.82, 2.24) is 15.1 Å². The maximum absolute atomic E-state index is 4.47. The molecule has 3 nitrogen and oxygen atoms in total. The Labute approximate surface area is 135 Å². The summed E-state index contributed by atoms with van der Waals surface area (Å²) in [5.74, 6) is 0.385. The van der Waals surface area contributed by atoms with Crippen LogP contribution in [0.5, 0.6) is 0 Å². The third-order valence-electron chi connectivity index (χ3n) is 3.87. The van der Waals surface area contributed by atoms with Crippen molar-refractivity contribution in [2.24, 2.45) is 0 Å². The Hall–Kier alpha value is -1.13. The van der Waals surface area contributed by atoms with Crippen molar-refractivity contribution in [3.63, 3.8) is 0 Å². The quantitative estimate of drug-likeness (QED) is 0.796. The van der Waals surface area contributed by atoms with Crippen molar-refractivity contribution in [3.05, 3.63) is 52.3 Å². The first-order chi connectivity index (χ1) is 10.2. The van der Waals surface area contributed by atoms with E-state index in [1.54, 1.807) is 0 Å². The van der Waals surface area contributed by atoms with Gasteiger partial charge in [-0.05, 0) is 41.4 Å². The van der Waals surface area contributed by atoms with E-state index in [0.717, 1.165) is 24.0 Å². The van der Waals surface area contributed by atoms with Crippen LogP contribution in [-0.4, -0.2) is 16.3 Å². The van der Waals surface area contributed by atoms with Crippen molar-refractivity contribution in [2.45, 2.75) is 45.7 Å². The van der Waals surface area contributed by atoms with E-state index in [2.05, 4.69) is 82.1 Å². The van der Waals surface area contributed by atoms with Crippen molar-refractivity contribution in [3.8, 4) is 0 Å². The van der Waals surface area contributed by atoms with Crippen LogP contribution in [0.25, 0.3) is 0 Å². The molecule has 0 aliphatic rings. The Morgan fingerprint density at radius 2 is 1.95 bits per heavy atom. The molecule has 0 aliphatic heterocycles. The zero-order chi connectivity index (χ0) is 15.2. The number of aryl methyl sites for hydroxylation is 1. The fourth-order valence-corrected chi connectivity index (χ4v) is 3.24. The molecule has 0 fully saturated rings. The lowest BCUT2D eigenvalue weighted by atomic mass is 9.91. The van der Waals surface area contributed by atoms with E-state index in [1.165, 1.54) is 11.3 Å². The molecule has 4 heteroatoms. The van der Waals surface area contributed by atoms with Crippen molar-refractivity contribution < 1.29 is 0 Å². The molecular weight excluding hydrogens is 326 g/mol. The van der Waals surface area contributed by atoms with E-state index >= 15 is 0 Å². The number of hydrogen-bond acceptors (Lipinski definition) is 2. The number of halogens is 1. The van der Waals surface area contributed by atoms with Crippen LogP contribution >= 0.6 is 15.9 Å². The molecule has 0 aliphatic carbocycles. The van der Waals surface area contributed by atoms with Crippen LogP contribution in [-0.2, 0) is 6.54 Å². The Morgan fingerprint density at radius 1 is 1.24 bits per heavy atom. The van der Waals surface area contributed by atoms with Gasteiger partial charge in [-0.3, -0.25) is 4.68 Å². The van der Waals surface area contributed by atoms with Gasteiger partial charge in [0, 0.05) is 12.5 Å².